The molecule has 8 heteroatoms. The smallest absolute Gasteiger partial charge is 0.269 e. The van der Waals surface area contributed by atoms with Crippen molar-refractivity contribution in [3.05, 3.63) is 82.6 Å². The van der Waals surface area contributed by atoms with Crippen LogP contribution in [0.15, 0.2) is 65.7 Å². The number of aliphatic carboxylic acids is 1. The monoisotopic (exact) mass is 415 g/mol. The van der Waals surface area contributed by atoms with Gasteiger partial charge >= 0.3 is 0 Å². The van der Waals surface area contributed by atoms with Gasteiger partial charge in [0.05, 0.1) is 17.4 Å². The number of para-hydroxylation sites is 1. The van der Waals surface area contributed by atoms with Crippen molar-refractivity contribution in [3.63, 3.8) is 0 Å². The van der Waals surface area contributed by atoms with Gasteiger partial charge in [-0.25, -0.2) is 12.4 Å². The van der Waals surface area contributed by atoms with E-state index in [4.69, 9.17) is 11.6 Å². The zero-order chi connectivity index (χ0) is 19.9. The van der Waals surface area contributed by atoms with Gasteiger partial charge in [0.1, 0.15) is 4.90 Å². The van der Waals surface area contributed by atoms with Gasteiger partial charge in [-0.3, -0.25) is 0 Å². The topological polar surface area (TPSA) is 91.2 Å². The van der Waals surface area contributed by atoms with Gasteiger partial charge in [-0.05, 0) is 47.9 Å². The molecule has 6 nitrogen and oxygen atoms in total. The molecule has 0 spiro atoms. The van der Waals surface area contributed by atoms with Crippen LogP contribution in [0.3, 0.4) is 0 Å². The Kier molecular flexibility index (Phi) is 4.64. The van der Waals surface area contributed by atoms with Crippen molar-refractivity contribution in [1.82, 2.24) is 3.97 Å². The third kappa shape index (κ3) is 3.27. The van der Waals surface area contributed by atoms with Crippen LogP contribution in [0.4, 0.5) is 5.69 Å². The number of aromatic nitrogens is 1. The number of halogens is 1. The molecule has 0 saturated heterocycles. The predicted octanol–water partition coefficient (Wildman–Crippen LogP) is 2.58. The summed E-state index contributed by atoms with van der Waals surface area (Å²) in [6, 6.07) is 14.6. The molecule has 1 aliphatic heterocycles. The molecular formula is C20H16ClN2O4S-. The van der Waals surface area contributed by atoms with Crippen LogP contribution in [-0.4, -0.2) is 18.4 Å². The summed E-state index contributed by atoms with van der Waals surface area (Å²) in [6.07, 6.45) is 1.56. The molecule has 0 bridgehead atoms. The number of carbonyl (C=O) groups is 1. The molecule has 0 radical (unpaired) electrons. The maximum Gasteiger partial charge on any atom is 0.269 e. The van der Waals surface area contributed by atoms with E-state index in [9.17, 15) is 18.3 Å². The number of carboxylic acids is 1. The number of carbonyl (C=O) groups excluding carboxylic acids is 1. The quantitative estimate of drug-likeness (QED) is 0.707. The molecule has 1 aromatic heterocycles. The standard InChI is InChI=1S/C20H17ClN2O4S/c21-15-7-5-13(6-8-15)11-14-9-10-23-20(14)17(12-19(24)25)22-16-3-1-2-4-18(16)28(23,26)27/h1-10,17,22H,11-12H2,(H,24,25)/p-1. The Morgan fingerprint density at radius 1 is 1.11 bits per heavy atom. The van der Waals surface area contributed by atoms with E-state index in [2.05, 4.69) is 5.32 Å². The van der Waals surface area contributed by atoms with Crippen molar-refractivity contribution in [2.45, 2.75) is 23.8 Å². The number of fused-ring (bicyclic) bond motifs is 2. The van der Waals surface area contributed by atoms with E-state index in [0.717, 1.165) is 11.1 Å². The lowest BCUT2D eigenvalue weighted by atomic mass is 10.00. The zero-order valence-corrected chi connectivity index (χ0v) is 16.2. The summed E-state index contributed by atoms with van der Waals surface area (Å²) in [5.41, 5.74) is 2.42. The first-order valence-corrected chi connectivity index (χ1v) is 10.4. The summed E-state index contributed by atoms with van der Waals surface area (Å²) in [4.78, 5) is 11.5. The van der Waals surface area contributed by atoms with Gasteiger partial charge in [0.15, 0.2) is 0 Å². The Bertz CT molecular complexity index is 1150. The second kappa shape index (κ2) is 7.00. The van der Waals surface area contributed by atoms with Crippen LogP contribution in [0.1, 0.15) is 29.3 Å². The number of hydrogen-bond donors (Lipinski definition) is 1. The molecule has 0 saturated carbocycles. The number of nitrogens with zero attached hydrogens (tertiary/aromatic N) is 1. The van der Waals surface area contributed by atoms with E-state index in [0.29, 0.717) is 22.8 Å². The molecular weight excluding hydrogens is 400 g/mol. The minimum absolute atomic E-state index is 0.103. The fourth-order valence-electron chi connectivity index (χ4n) is 3.51. The van der Waals surface area contributed by atoms with Gasteiger partial charge < -0.3 is 15.2 Å². The summed E-state index contributed by atoms with van der Waals surface area (Å²) >= 11 is 5.93. The second-order valence-electron chi connectivity index (χ2n) is 6.60. The lowest BCUT2D eigenvalue weighted by molar-refractivity contribution is -0.306. The second-order valence-corrected chi connectivity index (χ2v) is 8.82. The van der Waals surface area contributed by atoms with Gasteiger partial charge in [-0.15, -0.1) is 0 Å². The van der Waals surface area contributed by atoms with E-state index in [1.807, 2.05) is 12.1 Å². The van der Waals surface area contributed by atoms with E-state index in [1.54, 1.807) is 36.4 Å². The highest BCUT2D eigenvalue weighted by Gasteiger charge is 2.32. The minimum atomic E-state index is -3.86. The summed E-state index contributed by atoms with van der Waals surface area (Å²) in [7, 11) is -3.86. The van der Waals surface area contributed by atoms with E-state index in [1.165, 1.54) is 16.2 Å². The van der Waals surface area contributed by atoms with Crippen molar-refractivity contribution in [2.24, 2.45) is 0 Å². The van der Waals surface area contributed by atoms with Gasteiger partial charge in [-0.1, -0.05) is 35.9 Å². The summed E-state index contributed by atoms with van der Waals surface area (Å²) < 4.78 is 27.6. The molecule has 28 heavy (non-hydrogen) atoms. The van der Waals surface area contributed by atoms with Crippen molar-refractivity contribution in [2.75, 3.05) is 5.32 Å². The zero-order valence-electron chi connectivity index (χ0n) is 14.6. The van der Waals surface area contributed by atoms with Gasteiger partial charge in [-0.2, -0.15) is 0 Å². The highest BCUT2D eigenvalue weighted by atomic mass is 35.5. The van der Waals surface area contributed by atoms with Crippen LogP contribution < -0.4 is 10.4 Å². The number of carboxylic acid groups (broad SMARTS) is 1. The van der Waals surface area contributed by atoms with Gasteiger partial charge in [0.2, 0.25) is 0 Å². The third-order valence-electron chi connectivity index (χ3n) is 4.74. The molecule has 0 amide bonds. The van der Waals surface area contributed by atoms with Crippen LogP contribution in [0.5, 0.6) is 0 Å². The van der Waals surface area contributed by atoms with E-state index >= 15 is 0 Å². The Labute approximate surface area is 167 Å². The lowest BCUT2D eigenvalue weighted by Gasteiger charge is -2.21. The predicted molar refractivity (Wildman–Crippen MR) is 104 cm³/mol. The molecule has 144 valence electrons. The van der Waals surface area contributed by atoms with Crippen molar-refractivity contribution in [1.29, 1.82) is 0 Å². The molecule has 1 N–H and O–H groups in total. The average Bonchev–Trinajstić information content (AvgIpc) is 3.04. The summed E-state index contributed by atoms with van der Waals surface area (Å²) in [6.45, 7) is 0. The first-order valence-electron chi connectivity index (χ1n) is 8.62. The van der Waals surface area contributed by atoms with Crippen LogP contribution >= 0.6 is 11.6 Å². The normalized spacial score (nSPS) is 17.1. The molecule has 3 aromatic rings. The van der Waals surface area contributed by atoms with E-state index < -0.39 is 22.0 Å². The third-order valence-corrected chi connectivity index (χ3v) is 6.74. The molecule has 2 heterocycles. The fourth-order valence-corrected chi connectivity index (χ4v) is 5.23. The van der Waals surface area contributed by atoms with Crippen LogP contribution in [0.2, 0.25) is 5.02 Å². The fraction of sp³-hybridized carbons (Fsp3) is 0.150. The number of anilines is 1. The minimum Gasteiger partial charge on any atom is -0.550 e. The Morgan fingerprint density at radius 2 is 1.82 bits per heavy atom. The highest BCUT2D eigenvalue weighted by Crippen LogP contribution is 2.37. The Hall–Kier alpha value is -2.77. The Morgan fingerprint density at radius 3 is 2.54 bits per heavy atom. The van der Waals surface area contributed by atoms with Crippen molar-refractivity contribution >= 4 is 33.3 Å². The van der Waals surface area contributed by atoms with Gasteiger partial charge in [0.25, 0.3) is 10.0 Å². The number of hydrogen-bond acceptors (Lipinski definition) is 5. The van der Waals surface area contributed by atoms with E-state index in [-0.39, 0.29) is 11.3 Å². The molecule has 1 unspecified atom stereocenters. The SMILES string of the molecule is O=C([O-])CC1Nc2ccccc2S(=O)(=O)n2ccc(Cc3ccc(Cl)cc3)c21. The molecule has 1 atom stereocenters. The lowest BCUT2D eigenvalue weighted by Crippen LogP contribution is -2.28. The molecule has 4 rings (SSSR count). The Balaban J connectivity index is 1.87. The number of benzene rings is 2. The van der Waals surface area contributed by atoms with Crippen molar-refractivity contribution in [3.8, 4) is 0 Å². The summed E-state index contributed by atoms with van der Waals surface area (Å²) in [5, 5.41) is 15.1. The molecule has 0 fully saturated rings. The van der Waals surface area contributed by atoms with Gasteiger partial charge in [0, 0.05) is 23.6 Å². The number of nitrogens with one attached hydrogen (secondary N) is 1. The molecule has 2 aromatic carbocycles. The van der Waals surface area contributed by atoms with Crippen LogP contribution in [0, 0.1) is 0 Å². The number of rotatable bonds is 4. The largest absolute Gasteiger partial charge is 0.550 e. The highest BCUT2D eigenvalue weighted by molar-refractivity contribution is 7.90. The summed E-state index contributed by atoms with van der Waals surface area (Å²) in [5.74, 6) is -1.26. The van der Waals surface area contributed by atoms with Crippen LogP contribution in [0.25, 0.3) is 0 Å². The maximum atomic E-state index is 13.2. The first kappa shape index (κ1) is 18.6. The van der Waals surface area contributed by atoms with Crippen LogP contribution in [-0.2, 0) is 21.2 Å². The average molecular weight is 416 g/mol. The maximum absolute atomic E-state index is 13.2. The molecule has 1 aliphatic rings. The molecule has 0 aliphatic carbocycles. The van der Waals surface area contributed by atoms with Crippen molar-refractivity contribution < 1.29 is 18.3 Å². The first-order chi connectivity index (χ1) is 13.4.